The average molecular weight is 429 g/mol. The molecule has 0 bridgehead atoms. The second kappa shape index (κ2) is 9.27. The molecule has 0 radical (unpaired) electrons. The average Bonchev–Trinajstić information content (AvgIpc) is 2.66. The first-order chi connectivity index (χ1) is 13.5. The van der Waals surface area contributed by atoms with E-state index in [1.165, 1.54) is 32.3 Å². The van der Waals surface area contributed by atoms with Crippen molar-refractivity contribution in [2.75, 3.05) is 14.1 Å². The van der Waals surface area contributed by atoms with E-state index in [-0.39, 0.29) is 24.4 Å². The standard InChI is InChI=1S/C19H22F3N3O3S/c1-23-29(27,28)13-16-9-4-3-7-14(16)11-24-18(26)25(2)12-15-8-5-6-10-17(15)19(20,21)22/h3-10,23H,11-13H2,1-2H3,(H,24,26). The number of sulfonamides is 1. The Morgan fingerprint density at radius 3 is 2.14 bits per heavy atom. The molecule has 158 valence electrons. The van der Waals surface area contributed by atoms with E-state index in [4.69, 9.17) is 0 Å². The molecule has 2 aromatic carbocycles. The molecule has 2 aromatic rings. The number of alkyl halides is 3. The number of hydrogen-bond acceptors (Lipinski definition) is 3. The minimum atomic E-state index is -4.51. The molecule has 2 rings (SSSR count). The summed E-state index contributed by atoms with van der Waals surface area (Å²) in [6.07, 6.45) is -4.51. The number of nitrogens with one attached hydrogen (secondary N) is 2. The lowest BCUT2D eigenvalue weighted by Gasteiger charge is -2.21. The third-order valence-electron chi connectivity index (χ3n) is 4.28. The molecule has 0 fully saturated rings. The topological polar surface area (TPSA) is 78.5 Å². The van der Waals surface area contributed by atoms with E-state index in [0.29, 0.717) is 11.1 Å². The first-order valence-corrected chi connectivity index (χ1v) is 10.3. The van der Waals surface area contributed by atoms with Gasteiger partial charge in [0.15, 0.2) is 0 Å². The molecule has 0 unspecified atom stereocenters. The van der Waals surface area contributed by atoms with Crippen molar-refractivity contribution in [3.05, 3.63) is 70.8 Å². The van der Waals surface area contributed by atoms with Gasteiger partial charge < -0.3 is 10.2 Å². The van der Waals surface area contributed by atoms with Crippen molar-refractivity contribution in [1.29, 1.82) is 0 Å². The van der Waals surface area contributed by atoms with Crippen LogP contribution in [0.4, 0.5) is 18.0 Å². The summed E-state index contributed by atoms with van der Waals surface area (Å²) in [5.74, 6) is -0.246. The van der Waals surface area contributed by atoms with Gasteiger partial charge in [0.25, 0.3) is 0 Å². The highest BCUT2D eigenvalue weighted by Crippen LogP contribution is 2.32. The molecule has 0 saturated heterocycles. The van der Waals surface area contributed by atoms with Crippen LogP contribution in [0.25, 0.3) is 0 Å². The summed E-state index contributed by atoms with van der Waals surface area (Å²) < 4.78 is 65.1. The minimum absolute atomic E-state index is 0.0156. The fourth-order valence-electron chi connectivity index (χ4n) is 2.72. The predicted molar refractivity (Wildman–Crippen MR) is 103 cm³/mol. The lowest BCUT2D eigenvalue weighted by atomic mass is 10.1. The zero-order chi connectivity index (χ0) is 21.7. The van der Waals surface area contributed by atoms with Gasteiger partial charge >= 0.3 is 12.2 Å². The first kappa shape index (κ1) is 22.7. The van der Waals surface area contributed by atoms with Crippen LogP contribution in [0.1, 0.15) is 22.3 Å². The van der Waals surface area contributed by atoms with Crippen LogP contribution in [-0.4, -0.2) is 33.4 Å². The number of rotatable bonds is 7. The van der Waals surface area contributed by atoms with Gasteiger partial charge in [-0.05, 0) is 29.8 Å². The number of carbonyl (C=O) groups is 1. The van der Waals surface area contributed by atoms with Crippen molar-refractivity contribution in [2.24, 2.45) is 0 Å². The van der Waals surface area contributed by atoms with Crippen molar-refractivity contribution in [1.82, 2.24) is 14.9 Å². The van der Waals surface area contributed by atoms with E-state index >= 15 is 0 Å². The van der Waals surface area contributed by atoms with Crippen molar-refractivity contribution in [3.63, 3.8) is 0 Å². The van der Waals surface area contributed by atoms with Gasteiger partial charge in [-0.15, -0.1) is 0 Å². The SMILES string of the molecule is CNS(=O)(=O)Cc1ccccc1CNC(=O)N(C)Cc1ccccc1C(F)(F)F. The highest BCUT2D eigenvalue weighted by atomic mass is 32.2. The van der Waals surface area contributed by atoms with Crippen LogP contribution in [0, 0.1) is 0 Å². The number of nitrogens with zero attached hydrogens (tertiary/aromatic N) is 1. The molecule has 29 heavy (non-hydrogen) atoms. The Balaban J connectivity index is 2.06. The van der Waals surface area contributed by atoms with Crippen LogP contribution in [-0.2, 0) is 35.0 Å². The molecule has 0 saturated carbocycles. The smallest absolute Gasteiger partial charge is 0.334 e. The van der Waals surface area contributed by atoms with E-state index in [1.54, 1.807) is 24.3 Å². The maximum absolute atomic E-state index is 13.1. The normalized spacial score (nSPS) is 11.9. The molecule has 0 heterocycles. The Morgan fingerprint density at radius 2 is 1.55 bits per heavy atom. The number of carbonyl (C=O) groups excluding carboxylic acids is 1. The molecule has 0 spiro atoms. The summed E-state index contributed by atoms with van der Waals surface area (Å²) in [4.78, 5) is 13.5. The maximum Gasteiger partial charge on any atom is 0.416 e. The van der Waals surface area contributed by atoms with Crippen molar-refractivity contribution < 1.29 is 26.4 Å². The van der Waals surface area contributed by atoms with Gasteiger partial charge in [0.05, 0.1) is 11.3 Å². The summed E-state index contributed by atoms with van der Waals surface area (Å²) in [7, 11) is -0.787. The Bertz CT molecular complexity index is 962. The van der Waals surface area contributed by atoms with Gasteiger partial charge in [0, 0.05) is 20.1 Å². The number of hydrogen-bond donors (Lipinski definition) is 2. The lowest BCUT2D eigenvalue weighted by molar-refractivity contribution is -0.138. The van der Waals surface area contributed by atoms with E-state index in [0.717, 1.165) is 11.0 Å². The lowest BCUT2D eigenvalue weighted by Crippen LogP contribution is -2.37. The van der Waals surface area contributed by atoms with Crippen LogP contribution in [0.3, 0.4) is 0 Å². The molecule has 0 aromatic heterocycles. The Labute approximate surface area is 167 Å². The van der Waals surface area contributed by atoms with E-state index < -0.39 is 27.8 Å². The summed E-state index contributed by atoms with van der Waals surface area (Å²) in [5.41, 5.74) is 0.316. The van der Waals surface area contributed by atoms with Crippen molar-refractivity contribution in [2.45, 2.75) is 25.0 Å². The largest absolute Gasteiger partial charge is 0.416 e. The number of amides is 2. The highest BCUT2D eigenvalue weighted by molar-refractivity contribution is 7.88. The quantitative estimate of drug-likeness (QED) is 0.710. The minimum Gasteiger partial charge on any atom is -0.334 e. The molecule has 0 aliphatic carbocycles. The third-order valence-corrected chi connectivity index (χ3v) is 5.60. The third kappa shape index (κ3) is 6.47. The van der Waals surface area contributed by atoms with Crippen LogP contribution in [0.5, 0.6) is 0 Å². The number of halogens is 3. The number of urea groups is 1. The van der Waals surface area contributed by atoms with Crippen molar-refractivity contribution in [3.8, 4) is 0 Å². The zero-order valence-electron chi connectivity index (χ0n) is 16.0. The second-order valence-corrected chi connectivity index (χ2v) is 8.33. The monoisotopic (exact) mass is 429 g/mol. The molecule has 2 N–H and O–H groups in total. The molecule has 2 amide bonds. The summed E-state index contributed by atoms with van der Waals surface area (Å²) >= 11 is 0. The summed E-state index contributed by atoms with van der Waals surface area (Å²) in [5, 5.41) is 2.61. The predicted octanol–water partition coefficient (Wildman–Crippen LogP) is 3.10. The Morgan fingerprint density at radius 1 is 1.00 bits per heavy atom. The maximum atomic E-state index is 13.1. The molecular formula is C19H22F3N3O3S. The fourth-order valence-corrected chi connectivity index (χ4v) is 3.55. The first-order valence-electron chi connectivity index (χ1n) is 8.65. The highest BCUT2D eigenvalue weighted by Gasteiger charge is 2.33. The van der Waals surface area contributed by atoms with Crippen molar-refractivity contribution >= 4 is 16.1 Å². The van der Waals surface area contributed by atoms with Gasteiger partial charge in [-0.25, -0.2) is 17.9 Å². The van der Waals surface area contributed by atoms with Gasteiger partial charge in [-0.1, -0.05) is 42.5 Å². The number of benzene rings is 2. The molecule has 10 heteroatoms. The molecule has 0 aliphatic rings. The van der Waals surface area contributed by atoms with Gasteiger partial charge in [-0.3, -0.25) is 0 Å². The van der Waals surface area contributed by atoms with Gasteiger partial charge in [0.2, 0.25) is 10.0 Å². The second-order valence-electron chi connectivity index (χ2n) is 6.40. The van der Waals surface area contributed by atoms with Gasteiger partial charge in [-0.2, -0.15) is 13.2 Å². The molecule has 6 nitrogen and oxygen atoms in total. The zero-order valence-corrected chi connectivity index (χ0v) is 16.8. The molecule has 0 atom stereocenters. The molecule has 0 aliphatic heterocycles. The Hall–Kier alpha value is -2.59. The van der Waals surface area contributed by atoms with Crippen LogP contribution >= 0.6 is 0 Å². The summed E-state index contributed by atoms with van der Waals surface area (Å²) in [6.45, 7) is -0.184. The Kier molecular flexibility index (Phi) is 7.26. The fraction of sp³-hybridized carbons (Fsp3) is 0.316. The van der Waals surface area contributed by atoms with Gasteiger partial charge in [0.1, 0.15) is 0 Å². The van der Waals surface area contributed by atoms with Crippen LogP contribution < -0.4 is 10.0 Å². The van der Waals surface area contributed by atoms with Crippen LogP contribution in [0.15, 0.2) is 48.5 Å². The van der Waals surface area contributed by atoms with E-state index in [9.17, 15) is 26.4 Å². The van der Waals surface area contributed by atoms with E-state index in [2.05, 4.69) is 10.0 Å². The summed E-state index contributed by atoms with van der Waals surface area (Å²) in [6, 6.07) is 11.2. The van der Waals surface area contributed by atoms with E-state index in [1.807, 2.05) is 0 Å². The van der Waals surface area contributed by atoms with Crippen LogP contribution in [0.2, 0.25) is 0 Å². The molecular weight excluding hydrogens is 407 g/mol.